The van der Waals surface area contributed by atoms with E-state index in [1.165, 1.54) is 17.7 Å². The average Bonchev–Trinajstić information content (AvgIpc) is 3.26. The number of nitrogens with zero attached hydrogens (tertiary/aromatic N) is 4. The molecular formula is C26H17ClN4O4S. The molecule has 1 fully saturated rings. The second-order valence-corrected chi connectivity index (χ2v) is 10.2. The van der Waals surface area contributed by atoms with Gasteiger partial charge in [0.05, 0.1) is 34.0 Å². The highest BCUT2D eigenvalue weighted by Crippen LogP contribution is 2.46. The van der Waals surface area contributed by atoms with Crippen molar-refractivity contribution in [1.29, 1.82) is 0 Å². The van der Waals surface area contributed by atoms with Gasteiger partial charge in [-0.3, -0.25) is 9.36 Å². The summed E-state index contributed by atoms with van der Waals surface area (Å²) in [6.45, 7) is 0.166. The van der Waals surface area contributed by atoms with Crippen molar-refractivity contribution in [3.05, 3.63) is 82.1 Å². The molecular weight excluding hydrogens is 500 g/mol. The fraction of sp³-hybridized carbons (Fsp3) is 0.154. The Labute approximate surface area is 212 Å². The Bertz CT molecular complexity index is 1820. The largest absolute Gasteiger partial charge is 0.505 e. The van der Waals surface area contributed by atoms with Gasteiger partial charge in [0, 0.05) is 16.5 Å². The van der Waals surface area contributed by atoms with Crippen molar-refractivity contribution in [2.45, 2.75) is 25.3 Å². The molecule has 0 amide bonds. The second-order valence-electron chi connectivity index (χ2n) is 8.76. The summed E-state index contributed by atoms with van der Waals surface area (Å²) in [5, 5.41) is 11.9. The molecule has 0 spiro atoms. The summed E-state index contributed by atoms with van der Waals surface area (Å²) >= 11 is 7.40. The number of aromatic hydroxyl groups is 1. The molecule has 4 aromatic heterocycles. The van der Waals surface area contributed by atoms with Gasteiger partial charge in [-0.15, -0.1) is 11.3 Å². The van der Waals surface area contributed by atoms with Gasteiger partial charge in [0.25, 0.3) is 5.56 Å². The van der Waals surface area contributed by atoms with Crippen molar-refractivity contribution in [3.63, 3.8) is 0 Å². The minimum atomic E-state index is -0.224. The molecule has 0 aliphatic heterocycles. The summed E-state index contributed by atoms with van der Waals surface area (Å²) < 4.78 is 13.1. The molecule has 1 aliphatic carbocycles. The highest BCUT2D eigenvalue weighted by atomic mass is 35.5. The van der Waals surface area contributed by atoms with Crippen molar-refractivity contribution in [2.75, 3.05) is 0 Å². The Hall–Kier alpha value is -3.95. The van der Waals surface area contributed by atoms with Gasteiger partial charge >= 0.3 is 0 Å². The summed E-state index contributed by atoms with van der Waals surface area (Å²) in [4.78, 5) is 27.8. The SMILES string of the molecule is O=c1c2c(nc(-c3ccc(-c4ncco4)cc3C3CC3)n1Cc1cnco1)sc1c(O)c(Cl)ccc12. The van der Waals surface area contributed by atoms with Crippen molar-refractivity contribution in [2.24, 2.45) is 0 Å². The monoisotopic (exact) mass is 516 g/mol. The lowest BCUT2D eigenvalue weighted by Crippen LogP contribution is -2.24. The summed E-state index contributed by atoms with van der Waals surface area (Å²) in [7, 11) is 0. The minimum Gasteiger partial charge on any atom is -0.505 e. The first-order valence-corrected chi connectivity index (χ1v) is 12.5. The van der Waals surface area contributed by atoms with Crippen LogP contribution in [0.1, 0.15) is 30.1 Å². The number of phenols is 1. The van der Waals surface area contributed by atoms with Crippen molar-refractivity contribution in [3.8, 4) is 28.6 Å². The van der Waals surface area contributed by atoms with Crippen LogP contribution in [0.3, 0.4) is 0 Å². The molecule has 1 aliphatic rings. The van der Waals surface area contributed by atoms with Gasteiger partial charge in [-0.2, -0.15) is 0 Å². The van der Waals surface area contributed by atoms with Gasteiger partial charge in [-0.05, 0) is 42.5 Å². The number of hydrogen-bond acceptors (Lipinski definition) is 8. The molecule has 6 aromatic rings. The molecule has 36 heavy (non-hydrogen) atoms. The Morgan fingerprint density at radius 3 is 2.83 bits per heavy atom. The molecule has 8 nitrogen and oxygen atoms in total. The van der Waals surface area contributed by atoms with E-state index in [1.54, 1.807) is 35.4 Å². The first kappa shape index (κ1) is 21.3. The van der Waals surface area contributed by atoms with Gasteiger partial charge in [0.2, 0.25) is 5.89 Å². The first-order chi connectivity index (χ1) is 17.6. The van der Waals surface area contributed by atoms with Crippen LogP contribution >= 0.6 is 22.9 Å². The predicted octanol–water partition coefficient (Wildman–Crippen LogP) is 6.21. The topological polar surface area (TPSA) is 107 Å². The van der Waals surface area contributed by atoms with E-state index in [9.17, 15) is 9.90 Å². The number of thiophene rings is 1. The maximum Gasteiger partial charge on any atom is 0.263 e. The van der Waals surface area contributed by atoms with Gasteiger partial charge in [-0.25, -0.2) is 15.0 Å². The van der Waals surface area contributed by atoms with Gasteiger partial charge in [-0.1, -0.05) is 23.7 Å². The predicted molar refractivity (Wildman–Crippen MR) is 137 cm³/mol. The van der Waals surface area contributed by atoms with Crippen molar-refractivity contribution >= 4 is 43.2 Å². The number of fused-ring (bicyclic) bond motifs is 3. The standard InChI is InChI=1S/C26H17ClN4O4S/c27-19-6-5-17-20-25(36-22(17)21(19)32)30-23(31(26(20)33)11-15-10-28-12-35-15)16-4-3-14(24-29-7-8-34-24)9-18(16)13-1-2-13/h3-10,12-13,32H,1-2,11H2. The molecule has 178 valence electrons. The zero-order valence-corrected chi connectivity index (χ0v) is 20.2. The van der Waals surface area contributed by atoms with Crippen LogP contribution in [0.15, 0.2) is 69.0 Å². The number of benzene rings is 2. The van der Waals surface area contributed by atoms with Crippen LogP contribution in [-0.4, -0.2) is 24.6 Å². The maximum atomic E-state index is 14.0. The molecule has 7 rings (SSSR count). The lowest BCUT2D eigenvalue weighted by atomic mass is 9.99. The van der Waals surface area contributed by atoms with Crippen LogP contribution in [0.25, 0.3) is 43.1 Å². The third-order valence-corrected chi connectivity index (χ3v) is 7.88. The minimum absolute atomic E-state index is 0.0473. The molecule has 1 saturated carbocycles. The number of halogens is 1. The van der Waals surface area contributed by atoms with Crippen molar-refractivity contribution < 1.29 is 13.9 Å². The van der Waals surface area contributed by atoms with Crippen LogP contribution in [0.2, 0.25) is 5.02 Å². The normalized spacial score (nSPS) is 13.7. The van der Waals surface area contributed by atoms with Crippen molar-refractivity contribution in [1.82, 2.24) is 19.5 Å². The maximum absolute atomic E-state index is 14.0. The van der Waals surface area contributed by atoms with E-state index in [2.05, 4.69) is 16.0 Å². The van der Waals surface area contributed by atoms with E-state index >= 15 is 0 Å². The molecule has 0 bridgehead atoms. The third kappa shape index (κ3) is 3.35. The zero-order chi connectivity index (χ0) is 24.4. The van der Waals surface area contributed by atoms with Gasteiger partial charge in [0.1, 0.15) is 22.7 Å². The molecule has 0 saturated heterocycles. The quantitative estimate of drug-likeness (QED) is 0.290. The summed E-state index contributed by atoms with van der Waals surface area (Å²) in [6.07, 6.45) is 8.22. The van der Waals surface area contributed by atoms with Crippen LogP contribution in [-0.2, 0) is 6.54 Å². The summed E-state index contributed by atoms with van der Waals surface area (Å²) in [5.74, 6) is 1.93. The van der Waals surface area contributed by atoms with E-state index < -0.39 is 0 Å². The Kier molecular flexibility index (Phi) is 4.77. The Morgan fingerprint density at radius 2 is 2.08 bits per heavy atom. The molecule has 4 heterocycles. The molecule has 0 radical (unpaired) electrons. The van der Waals surface area contributed by atoms with E-state index in [0.717, 1.165) is 29.5 Å². The molecule has 10 heteroatoms. The Balaban J connectivity index is 1.52. The van der Waals surface area contributed by atoms with E-state index in [-0.39, 0.29) is 22.9 Å². The highest BCUT2D eigenvalue weighted by Gasteiger charge is 2.30. The van der Waals surface area contributed by atoms with E-state index in [0.29, 0.717) is 43.7 Å². The van der Waals surface area contributed by atoms with Gasteiger partial charge < -0.3 is 13.9 Å². The zero-order valence-electron chi connectivity index (χ0n) is 18.6. The lowest BCUT2D eigenvalue weighted by molar-refractivity contribution is 0.482. The molecule has 0 unspecified atom stereocenters. The van der Waals surface area contributed by atoms with Crippen LogP contribution in [0, 0.1) is 0 Å². The summed E-state index contributed by atoms with van der Waals surface area (Å²) in [6, 6.07) is 9.31. The molecule has 0 atom stereocenters. The van der Waals surface area contributed by atoms with E-state index in [4.69, 9.17) is 25.4 Å². The smallest absolute Gasteiger partial charge is 0.263 e. The number of hydrogen-bond donors (Lipinski definition) is 1. The second kappa shape index (κ2) is 8.04. The molecule has 1 N–H and O–H groups in total. The van der Waals surface area contributed by atoms with Gasteiger partial charge in [0.15, 0.2) is 12.1 Å². The summed E-state index contributed by atoms with van der Waals surface area (Å²) in [5.41, 5.74) is 2.61. The number of aromatic nitrogens is 4. The fourth-order valence-corrected chi connectivity index (χ4v) is 5.93. The molecule has 2 aromatic carbocycles. The number of phenolic OH excluding ortho intramolecular Hbond substituents is 1. The first-order valence-electron chi connectivity index (χ1n) is 11.3. The number of oxazole rings is 2. The van der Waals surface area contributed by atoms with E-state index in [1.807, 2.05) is 12.1 Å². The number of rotatable bonds is 5. The van der Waals surface area contributed by atoms with Crippen LogP contribution in [0.4, 0.5) is 0 Å². The van der Waals surface area contributed by atoms with Crippen LogP contribution in [0.5, 0.6) is 5.75 Å². The average molecular weight is 517 g/mol. The lowest BCUT2D eigenvalue weighted by Gasteiger charge is -2.15. The highest BCUT2D eigenvalue weighted by molar-refractivity contribution is 7.25. The van der Waals surface area contributed by atoms with Crippen LogP contribution < -0.4 is 5.56 Å². The third-order valence-electron chi connectivity index (χ3n) is 6.47. The fourth-order valence-electron chi connectivity index (χ4n) is 4.61. The Morgan fingerprint density at radius 1 is 1.19 bits per heavy atom.